The Morgan fingerprint density at radius 2 is 1.09 bits per heavy atom. The van der Waals surface area contributed by atoms with Crippen LogP contribution in [0.5, 0.6) is 23.0 Å². The van der Waals surface area contributed by atoms with Crippen molar-refractivity contribution >= 4 is 48.6 Å². The van der Waals surface area contributed by atoms with Crippen molar-refractivity contribution in [1.82, 2.24) is 0 Å². The van der Waals surface area contributed by atoms with E-state index in [1.165, 1.54) is 24.3 Å². The summed E-state index contributed by atoms with van der Waals surface area (Å²) in [4.78, 5) is 21.7. The van der Waals surface area contributed by atoms with Gasteiger partial charge in [-0.25, -0.2) is 9.59 Å². The first-order valence-electron chi connectivity index (χ1n) is 13.6. The molecule has 232 valence electrons. The Balaban J connectivity index is 0.000000240. The quantitative estimate of drug-likeness (QED) is 0.0805. The summed E-state index contributed by atoms with van der Waals surface area (Å²) < 4.78 is 11.4. The zero-order valence-electron chi connectivity index (χ0n) is 23.8. The monoisotopic (exact) mass is 636 g/mol. The molecular weight excluding hydrogens is 601 g/mol. The molecule has 10 nitrogen and oxygen atoms in total. The van der Waals surface area contributed by atoms with Gasteiger partial charge < -0.3 is 41.8 Å². The lowest BCUT2D eigenvalue weighted by molar-refractivity contribution is 0.0686. The molecule has 0 heterocycles. The highest BCUT2D eigenvalue weighted by molar-refractivity contribution is 7.80. The summed E-state index contributed by atoms with van der Waals surface area (Å²) in [6.45, 7) is 1.27. The molecule has 0 fully saturated rings. The van der Waals surface area contributed by atoms with Crippen LogP contribution in [0, 0.1) is 0 Å². The van der Waals surface area contributed by atoms with Gasteiger partial charge in [0.25, 0.3) is 0 Å². The highest BCUT2D eigenvalue weighted by Crippen LogP contribution is 2.25. The van der Waals surface area contributed by atoms with Gasteiger partial charge in [-0.15, -0.1) is 0 Å². The fraction of sp³-hybridized carbons (Fsp3) is 0.188. The van der Waals surface area contributed by atoms with E-state index in [1.54, 1.807) is 24.3 Å². The molecule has 4 aromatic rings. The second-order valence-electron chi connectivity index (χ2n) is 9.57. The Labute approximate surface area is 267 Å². The SMILES string of the molecule is N[C@@H](CS)CNc1ccc(Oc2cccc(C(=O)O)c2)cc1.N[C@@H](CS)CNc1cccc(Oc2ccc(C(=O)O)cc2)c1. The number of nitrogens with one attached hydrogen (secondary N) is 2. The summed E-state index contributed by atoms with van der Waals surface area (Å²) >= 11 is 8.27. The molecular formula is C32H36N4O6S2. The van der Waals surface area contributed by atoms with Crippen molar-refractivity contribution in [3.63, 3.8) is 0 Å². The summed E-state index contributed by atoms with van der Waals surface area (Å²) in [5.41, 5.74) is 13.8. The van der Waals surface area contributed by atoms with Crippen LogP contribution in [0.1, 0.15) is 20.7 Å². The molecule has 2 atom stereocenters. The number of aromatic carboxylic acids is 2. The fourth-order valence-electron chi connectivity index (χ4n) is 3.57. The molecule has 44 heavy (non-hydrogen) atoms. The number of carbonyl (C=O) groups is 2. The minimum Gasteiger partial charge on any atom is -0.478 e. The topological polar surface area (TPSA) is 169 Å². The van der Waals surface area contributed by atoms with Crippen molar-refractivity contribution in [2.24, 2.45) is 11.5 Å². The molecule has 8 N–H and O–H groups in total. The highest BCUT2D eigenvalue weighted by atomic mass is 32.1. The predicted molar refractivity (Wildman–Crippen MR) is 180 cm³/mol. The maximum atomic E-state index is 10.9. The Kier molecular flexibility index (Phi) is 13.7. The third-order valence-electron chi connectivity index (χ3n) is 5.95. The van der Waals surface area contributed by atoms with E-state index >= 15 is 0 Å². The van der Waals surface area contributed by atoms with E-state index in [2.05, 4.69) is 35.9 Å². The minimum absolute atomic E-state index is 0.00183. The first-order valence-corrected chi connectivity index (χ1v) is 14.9. The molecule has 0 bridgehead atoms. The van der Waals surface area contributed by atoms with Crippen molar-refractivity contribution in [1.29, 1.82) is 0 Å². The zero-order chi connectivity index (χ0) is 31.9. The van der Waals surface area contributed by atoms with Crippen LogP contribution in [0.4, 0.5) is 11.4 Å². The van der Waals surface area contributed by atoms with Crippen LogP contribution in [-0.2, 0) is 0 Å². The molecule has 12 heteroatoms. The maximum Gasteiger partial charge on any atom is 0.335 e. The molecule has 0 aromatic heterocycles. The van der Waals surface area contributed by atoms with Crippen molar-refractivity contribution in [3.8, 4) is 23.0 Å². The van der Waals surface area contributed by atoms with Crippen LogP contribution in [0.3, 0.4) is 0 Å². The second kappa shape index (κ2) is 17.7. The number of nitrogens with two attached hydrogens (primary N) is 2. The average molecular weight is 637 g/mol. The van der Waals surface area contributed by atoms with E-state index in [0.29, 0.717) is 47.6 Å². The number of ether oxygens (including phenoxy) is 2. The van der Waals surface area contributed by atoms with Crippen molar-refractivity contribution in [2.45, 2.75) is 12.1 Å². The van der Waals surface area contributed by atoms with E-state index in [4.69, 9.17) is 31.2 Å². The third-order valence-corrected chi connectivity index (χ3v) is 6.89. The Morgan fingerprint density at radius 3 is 1.61 bits per heavy atom. The number of carboxylic acids is 2. The van der Waals surface area contributed by atoms with Crippen molar-refractivity contribution in [3.05, 3.63) is 108 Å². The second-order valence-corrected chi connectivity index (χ2v) is 10.3. The van der Waals surface area contributed by atoms with Crippen LogP contribution in [-0.4, -0.2) is 58.8 Å². The standard InChI is InChI=1S/2C16H18N2O3S/c17-12(10-22)9-18-13-2-1-3-15(8-13)21-14-6-4-11(5-7-14)16(19)20;17-12(10-22)9-18-13-4-6-14(7-5-13)21-15-3-1-2-11(8-15)16(19)20/h2*1-8,12,18,22H,9-10,17H2,(H,19,20)/t2*12-/m11/s1. The van der Waals surface area contributed by atoms with E-state index in [9.17, 15) is 9.59 Å². The van der Waals surface area contributed by atoms with Gasteiger partial charge in [-0.2, -0.15) is 25.3 Å². The maximum absolute atomic E-state index is 10.9. The van der Waals surface area contributed by atoms with Crippen molar-refractivity contribution < 1.29 is 29.3 Å². The number of rotatable bonds is 14. The van der Waals surface area contributed by atoms with Crippen LogP contribution in [0.15, 0.2) is 97.1 Å². The summed E-state index contributed by atoms with van der Waals surface area (Å²) in [7, 11) is 0. The fourth-order valence-corrected chi connectivity index (χ4v) is 3.83. The van der Waals surface area contributed by atoms with Crippen molar-refractivity contribution in [2.75, 3.05) is 35.2 Å². The summed E-state index contributed by atoms with van der Waals surface area (Å²) in [5, 5.41) is 24.2. The van der Waals surface area contributed by atoms with Gasteiger partial charge in [0.1, 0.15) is 23.0 Å². The number of hydrogen-bond acceptors (Lipinski definition) is 10. The van der Waals surface area contributed by atoms with Gasteiger partial charge in [-0.05, 0) is 78.9 Å². The lowest BCUT2D eigenvalue weighted by atomic mass is 10.2. The van der Waals surface area contributed by atoms with Gasteiger partial charge in [-0.3, -0.25) is 0 Å². The molecule has 4 rings (SSSR count). The smallest absolute Gasteiger partial charge is 0.335 e. The number of thiol groups is 2. The average Bonchev–Trinajstić information content (AvgIpc) is 3.04. The van der Waals surface area contributed by atoms with E-state index < -0.39 is 11.9 Å². The first kappa shape index (κ1) is 34.1. The van der Waals surface area contributed by atoms with Crippen LogP contribution >= 0.6 is 25.3 Å². The molecule has 0 amide bonds. The number of carboxylic acid groups (broad SMARTS) is 2. The minimum atomic E-state index is -0.981. The molecule has 0 aliphatic rings. The third kappa shape index (κ3) is 11.7. The Hall–Kier alpha value is -4.36. The number of anilines is 2. The largest absolute Gasteiger partial charge is 0.478 e. The van der Waals surface area contributed by atoms with Crippen LogP contribution in [0.25, 0.3) is 0 Å². The summed E-state index contributed by atoms with van der Waals surface area (Å²) in [5.74, 6) is 1.64. The van der Waals surface area contributed by atoms with Gasteiger partial charge in [-0.1, -0.05) is 12.1 Å². The zero-order valence-corrected chi connectivity index (χ0v) is 25.6. The molecule has 0 saturated carbocycles. The highest BCUT2D eigenvalue weighted by Gasteiger charge is 2.06. The molecule has 0 spiro atoms. The van der Waals surface area contributed by atoms with Gasteiger partial charge in [0.05, 0.1) is 11.1 Å². The Bertz CT molecular complexity index is 1490. The van der Waals surface area contributed by atoms with E-state index in [1.807, 2.05) is 48.5 Å². The van der Waals surface area contributed by atoms with Gasteiger partial charge in [0, 0.05) is 54.1 Å². The summed E-state index contributed by atoms with van der Waals surface area (Å²) in [6.07, 6.45) is 0. The number of benzene rings is 4. The van der Waals surface area contributed by atoms with E-state index in [0.717, 1.165) is 11.4 Å². The predicted octanol–water partition coefficient (Wildman–Crippen LogP) is 5.69. The normalized spacial score (nSPS) is 11.7. The molecule has 0 aliphatic carbocycles. The summed E-state index contributed by atoms with van der Waals surface area (Å²) in [6, 6.07) is 27.5. The molecule has 0 radical (unpaired) electrons. The molecule has 0 saturated heterocycles. The van der Waals surface area contributed by atoms with Crippen LogP contribution < -0.4 is 31.6 Å². The van der Waals surface area contributed by atoms with Gasteiger partial charge in [0.15, 0.2) is 0 Å². The van der Waals surface area contributed by atoms with Gasteiger partial charge >= 0.3 is 11.9 Å². The van der Waals surface area contributed by atoms with Gasteiger partial charge in [0.2, 0.25) is 0 Å². The molecule has 0 aliphatic heterocycles. The van der Waals surface area contributed by atoms with E-state index in [-0.39, 0.29) is 23.2 Å². The molecule has 4 aromatic carbocycles. The molecule has 0 unspecified atom stereocenters. The lowest BCUT2D eigenvalue weighted by Crippen LogP contribution is -2.30. The lowest BCUT2D eigenvalue weighted by Gasteiger charge is -2.12. The first-order chi connectivity index (χ1) is 21.2. The van der Waals surface area contributed by atoms with Crippen LogP contribution in [0.2, 0.25) is 0 Å². The Morgan fingerprint density at radius 1 is 0.614 bits per heavy atom. The number of hydrogen-bond donors (Lipinski definition) is 8.